The van der Waals surface area contributed by atoms with Crippen molar-refractivity contribution in [2.75, 3.05) is 25.1 Å². The van der Waals surface area contributed by atoms with Crippen LogP contribution in [-0.4, -0.2) is 35.3 Å². The molecule has 0 fully saturated rings. The van der Waals surface area contributed by atoms with E-state index < -0.39 is 10.0 Å². The fourth-order valence-electron chi connectivity index (χ4n) is 2.69. The second-order valence-electron chi connectivity index (χ2n) is 5.96. The molecule has 0 atom stereocenters. The maximum atomic E-state index is 13.4. The van der Waals surface area contributed by atoms with E-state index in [1.54, 1.807) is 38.1 Å². The minimum absolute atomic E-state index is 0.149. The van der Waals surface area contributed by atoms with Crippen molar-refractivity contribution in [2.24, 2.45) is 0 Å². The van der Waals surface area contributed by atoms with Crippen LogP contribution in [0.25, 0.3) is 0 Å². The summed E-state index contributed by atoms with van der Waals surface area (Å²) in [5.74, 6) is 1.31. The Morgan fingerprint density at radius 1 is 1.04 bits per heavy atom. The highest BCUT2D eigenvalue weighted by Crippen LogP contribution is 2.41. The summed E-state index contributed by atoms with van der Waals surface area (Å²) in [4.78, 5) is 0.149. The van der Waals surface area contributed by atoms with Crippen LogP contribution in [-0.2, 0) is 10.0 Å². The molecule has 0 aliphatic carbocycles. The molecule has 0 heterocycles. The first-order valence-electron chi connectivity index (χ1n) is 8.45. The first-order valence-corrected chi connectivity index (χ1v) is 10.3. The van der Waals surface area contributed by atoms with Gasteiger partial charge in [0.05, 0.1) is 36.4 Å². The third-order valence-electron chi connectivity index (χ3n) is 3.85. The maximum Gasteiger partial charge on any atom is 0.264 e. The molecule has 8 heteroatoms. The number of nitrogens with zero attached hydrogens (tertiary/aromatic N) is 1. The molecule has 0 radical (unpaired) electrons. The number of sulfonamides is 1. The van der Waals surface area contributed by atoms with Crippen LogP contribution in [0.15, 0.2) is 41.3 Å². The summed E-state index contributed by atoms with van der Waals surface area (Å²) in [7, 11) is -0.924. The molecule has 0 saturated heterocycles. The fraction of sp³-hybridized carbons (Fsp3) is 0.368. The highest BCUT2D eigenvalue weighted by molar-refractivity contribution is 7.92. The largest absolute Gasteiger partial charge is 0.495 e. The van der Waals surface area contributed by atoms with Crippen molar-refractivity contribution >= 4 is 27.3 Å². The molecule has 0 aromatic heterocycles. The monoisotopic (exact) mass is 413 g/mol. The van der Waals surface area contributed by atoms with E-state index in [0.29, 0.717) is 34.6 Å². The third-order valence-corrected chi connectivity index (χ3v) is 6.15. The zero-order valence-corrected chi connectivity index (χ0v) is 17.6. The fourth-order valence-corrected chi connectivity index (χ4v) is 4.58. The van der Waals surface area contributed by atoms with Gasteiger partial charge in [-0.25, -0.2) is 8.42 Å². The van der Waals surface area contributed by atoms with Crippen LogP contribution in [0.2, 0.25) is 5.02 Å². The molecule has 6 nitrogen and oxygen atoms in total. The number of benzene rings is 2. The molecule has 27 heavy (non-hydrogen) atoms. The quantitative estimate of drug-likeness (QED) is 0.643. The van der Waals surface area contributed by atoms with Crippen molar-refractivity contribution in [3.63, 3.8) is 0 Å². The van der Waals surface area contributed by atoms with Crippen LogP contribution in [0.3, 0.4) is 0 Å². The first-order chi connectivity index (χ1) is 12.8. The van der Waals surface area contributed by atoms with E-state index >= 15 is 0 Å². The molecule has 0 aliphatic rings. The van der Waals surface area contributed by atoms with Gasteiger partial charge in [0.1, 0.15) is 17.2 Å². The second kappa shape index (κ2) is 8.71. The molecule has 148 valence electrons. The van der Waals surface area contributed by atoms with Crippen molar-refractivity contribution < 1.29 is 22.6 Å². The lowest BCUT2D eigenvalue weighted by Crippen LogP contribution is -2.37. The Balaban J connectivity index is 2.60. The van der Waals surface area contributed by atoms with Crippen LogP contribution < -0.4 is 18.5 Å². The van der Waals surface area contributed by atoms with E-state index in [4.69, 9.17) is 25.8 Å². The van der Waals surface area contributed by atoms with Gasteiger partial charge in [-0.1, -0.05) is 11.6 Å². The van der Waals surface area contributed by atoms with E-state index in [1.807, 2.05) is 6.92 Å². The summed E-state index contributed by atoms with van der Waals surface area (Å²) in [5, 5.41) is 0.334. The minimum Gasteiger partial charge on any atom is -0.495 e. The standard InChI is InChI=1S/C19H24ClNO5S/c1-6-26-14-7-9-15(10-8-14)27(22,23)21(13(2)3)17-12-18(24-4)16(20)11-19(17)25-5/h7-13H,6H2,1-5H3. The first kappa shape index (κ1) is 21.2. The normalized spacial score (nSPS) is 11.4. The van der Waals surface area contributed by atoms with Gasteiger partial charge < -0.3 is 14.2 Å². The summed E-state index contributed by atoms with van der Waals surface area (Å²) in [6.45, 7) is 5.94. The lowest BCUT2D eigenvalue weighted by atomic mass is 10.2. The number of halogens is 1. The topological polar surface area (TPSA) is 65.1 Å². The van der Waals surface area contributed by atoms with Gasteiger partial charge in [0.25, 0.3) is 10.0 Å². The van der Waals surface area contributed by atoms with Gasteiger partial charge in [0.15, 0.2) is 0 Å². The Kier molecular flexibility index (Phi) is 6.84. The zero-order valence-electron chi connectivity index (χ0n) is 16.0. The van der Waals surface area contributed by atoms with Crippen molar-refractivity contribution in [1.29, 1.82) is 0 Å². The third kappa shape index (κ3) is 4.42. The number of anilines is 1. The number of rotatable bonds is 8. The minimum atomic E-state index is -3.86. The zero-order chi connectivity index (χ0) is 20.2. The summed E-state index contributed by atoms with van der Waals surface area (Å²) >= 11 is 6.16. The highest BCUT2D eigenvalue weighted by Gasteiger charge is 2.30. The average Bonchev–Trinajstić information content (AvgIpc) is 2.63. The number of hydrogen-bond donors (Lipinski definition) is 0. The Bertz CT molecular complexity index is 882. The molecule has 2 aromatic rings. The predicted octanol–water partition coefficient (Wildman–Crippen LogP) is 4.36. The molecule has 0 amide bonds. The Labute approximate surface area is 165 Å². The molecule has 0 N–H and O–H groups in total. The predicted molar refractivity (Wildman–Crippen MR) is 107 cm³/mol. The van der Waals surface area contributed by atoms with Crippen molar-refractivity contribution in [1.82, 2.24) is 0 Å². The lowest BCUT2D eigenvalue weighted by molar-refractivity contribution is 0.340. The van der Waals surface area contributed by atoms with E-state index in [2.05, 4.69) is 0 Å². The lowest BCUT2D eigenvalue weighted by Gasteiger charge is -2.30. The van der Waals surface area contributed by atoms with Gasteiger partial charge in [0.2, 0.25) is 0 Å². The van der Waals surface area contributed by atoms with Gasteiger partial charge in [0, 0.05) is 18.2 Å². The highest BCUT2D eigenvalue weighted by atomic mass is 35.5. The van der Waals surface area contributed by atoms with Crippen molar-refractivity contribution in [3.8, 4) is 17.2 Å². The maximum absolute atomic E-state index is 13.4. The van der Waals surface area contributed by atoms with Crippen LogP contribution in [0, 0.1) is 0 Å². The average molecular weight is 414 g/mol. The van der Waals surface area contributed by atoms with Crippen LogP contribution in [0.1, 0.15) is 20.8 Å². The second-order valence-corrected chi connectivity index (χ2v) is 8.18. The Morgan fingerprint density at radius 2 is 1.63 bits per heavy atom. The number of ether oxygens (including phenoxy) is 3. The number of methoxy groups -OCH3 is 2. The Hall–Kier alpha value is -2.12. The van der Waals surface area contributed by atoms with Gasteiger partial charge in [-0.3, -0.25) is 4.31 Å². The molecule has 0 bridgehead atoms. The molecule has 0 unspecified atom stereocenters. The van der Waals surface area contributed by atoms with Crippen LogP contribution in [0.5, 0.6) is 17.2 Å². The molecular formula is C19H24ClNO5S. The van der Waals surface area contributed by atoms with Gasteiger partial charge in [-0.05, 0) is 45.0 Å². The summed E-state index contributed by atoms with van der Waals surface area (Å²) in [6.07, 6.45) is 0. The molecule has 2 rings (SSSR count). The summed E-state index contributed by atoms with van der Waals surface area (Å²) in [5.41, 5.74) is 0.350. The molecule has 2 aromatic carbocycles. The number of hydrogen-bond acceptors (Lipinski definition) is 5. The summed E-state index contributed by atoms with van der Waals surface area (Å²) < 4.78 is 44.0. The van der Waals surface area contributed by atoms with Crippen molar-refractivity contribution in [3.05, 3.63) is 41.4 Å². The molecular weight excluding hydrogens is 390 g/mol. The van der Waals surface area contributed by atoms with Crippen LogP contribution >= 0.6 is 11.6 Å². The van der Waals surface area contributed by atoms with Gasteiger partial charge >= 0.3 is 0 Å². The van der Waals surface area contributed by atoms with E-state index in [9.17, 15) is 8.42 Å². The summed E-state index contributed by atoms with van der Waals surface area (Å²) in [6, 6.07) is 9.04. The molecule has 0 saturated carbocycles. The van der Waals surface area contributed by atoms with Gasteiger partial charge in [-0.15, -0.1) is 0 Å². The Morgan fingerprint density at radius 3 is 2.11 bits per heavy atom. The van der Waals surface area contributed by atoms with Crippen molar-refractivity contribution in [2.45, 2.75) is 31.7 Å². The van der Waals surface area contributed by atoms with Crippen LogP contribution in [0.4, 0.5) is 5.69 Å². The molecule has 0 aliphatic heterocycles. The van der Waals surface area contributed by atoms with E-state index in [1.165, 1.54) is 30.7 Å². The smallest absolute Gasteiger partial charge is 0.264 e. The molecule has 0 spiro atoms. The van der Waals surface area contributed by atoms with Gasteiger partial charge in [-0.2, -0.15) is 0 Å². The SMILES string of the molecule is CCOc1ccc(S(=O)(=O)N(c2cc(OC)c(Cl)cc2OC)C(C)C)cc1. The van der Waals surface area contributed by atoms with E-state index in [0.717, 1.165) is 0 Å². The van der Waals surface area contributed by atoms with E-state index in [-0.39, 0.29) is 10.9 Å².